The SMILES string of the molecule is Cc1cc(C(=O)O)cc(Oc2ccccc2F)n1. The molecule has 2 aromatic rings. The first-order valence-corrected chi connectivity index (χ1v) is 5.20. The number of hydrogen-bond donors (Lipinski definition) is 1. The summed E-state index contributed by atoms with van der Waals surface area (Å²) < 4.78 is 18.6. The number of carbonyl (C=O) groups is 1. The van der Waals surface area contributed by atoms with Crippen LogP contribution in [-0.4, -0.2) is 16.1 Å². The highest BCUT2D eigenvalue weighted by Gasteiger charge is 2.09. The molecule has 0 atom stereocenters. The predicted octanol–water partition coefficient (Wildman–Crippen LogP) is 3.02. The van der Waals surface area contributed by atoms with E-state index in [1.807, 2.05) is 0 Å². The summed E-state index contributed by atoms with van der Waals surface area (Å²) in [6.07, 6.45) is 0. The largest absolute Gasteiger partial charge is 0.478 e. The zero-order valence-corrected chi connectivity index (χ0v) is 9.55. The van der Waals surface area contributed by atoms with Gasteiger partial charge in [-0.1, -0.05) is 12.1 Å². The van der Waals surface area contributed by atoms with Gasteiger partial charge in [0.1, 0.15) is 0 Å². The zero-order chi connectivity index (χ0) is 13.1. The van der Waals surface area contributed by atoms with Gasteiger partial charge >= 0.3 is 5.97 Å². The van der Waals surface area contributed by atoms with Crippen molar-refractivity contribution in [3.8, 4) is 11.6 Å². The summed E-state index contributed by atoms with van der Waals surface area (Å²) in [7, 11) is 0. The van der Waals surface area contributed by atoms with E-state index >= 15 is 0 Å². The van der Waals surface area contributed by atoms with Crippen LogP contribution in [0.15, 0.2) is 36.4 Å². The quantitative estimate of drug-likeness (QED) is 0.905. The average Bonchev–Trinajstić information content (AvgIpc) is 2.31. The first kappa shape index (κ1) is 12.0. The van der Waals surface area contributed by atoms with Crippen molar-refractivity contribution < 1.29 is 19.0 Å². The molecule has 0 unspecified atom stereocenters. The van der Waals surface area contributed by atoms with Crippen LogP contribution in [0.5, 0.6) is 11.6 Å². The first-order chi connectivity index (χ1) is 8.56. The lowest BCUT2D eigenvalue weighted by Crippen LogP contribution is -2.00. The van der Waals surface area contributed by atoms with E-state index in [0.29, 0.717) is 5.69 Å². The third-order valence-electron chi connectivity index (χ3n) is 2.23. The molecule has 1 aromatic heterocycles. The number of carboxylic acid groups (broad SMARTS) is 1. The van der Waals surface area contributed by atoms with Crippen molar-refractivity contribution in [3.63, 3.8) is 0 Å². The normalized spacial score (nSPS) is 10.1. The maximum absolute atomic E-state index is 13.4. The second-order valence-corrected chi connectivity index (χ2v) is 3.67. The van der Waals surface area contributed by atoms with Gasteiger partial charge in [0.2, 0.25) is 5.88 Å². The maximum atomic E-state index is 13.4. The summed E-state index contributed by atoms with van der Waals surface area (Å²) in [4.78, 5) is 14.9. The molecule has 1 heterocycles. The molecule has 0 saturated heterocycles. The monoisotopic (exact) mass is 247 g/mol. The Morgan fingerprint density at radius 1 is 1.33 bits per heavy atom. The number of rotatable bonds is 3. The van der Waals surface area contributed by atoms with Crippen LogP contribution < -0.4 is 4.74 Å². The molecule has 0 amide bonds. The fourth-order valence-electron chi connectivity index (χ4n) is 1.45. The lowest BCUT2D eigenvalue weighted by molar-refractivity contribution is 0.0696. The predicted molar refractivity (Wildman–Crippen MR) is 62.4 cm³/mol. The molecule has 18 heavy (non-hydrogen) atoms. The lowest BCUT2D eigenvalue weighted by Gasteiger charge is -2.07. The molecule has 5 heteroatoms. The van der Waals surface area contributed by atoms with Gasteiger partial charge in [-0.15, -0.1) is 0 Å². The third kappa shape index (κ3) is 2.63. The van der Waals surface area contributed by atoms with Gasteiger partial charge < -0.3 is 9.84 Å². The molecule has 1 aromatic carbocycles. The van der Waals surface area contributed by atoms with Gasteiger partial charge in [0.15, 0.2) is 11.6 Å². The van der Waals surface area contributed by atoms with Crippen LogP contribution in [0.3, 0.4) is 0 Å². The Labute approximate surface area is 103 Å². The van der Waals surface area contributed by atoms with Crippen LogP contribution >= 0.6 is 0 Å². The highest BCUT2D eigenvalue weighted by Crippen LogP contribution is 2.23. The number of aromatic nitrogens is 1. The van der Waals surface area contributed by atoms with E-state index < -0.39 is 11.8 Å². The number of halogens is 1. The number of carboxylic acids is 1. The van der Waals surface area contributed by atoms with Crippen LogP contribution in [0.1, 0.15) is 16.1 Å². The minimum atomic E-state index is -1.08. The summed E-state index contributed by atoms with van der Waals surface area (Å²) in [5, 5.41) is 8.90. The fraction of sp³-hybridized carbons (Fsp3) is 0.0769. The van der Waals surface area contributed by atoms with Crippen molar-refractivity contribution >= 4 is 5.97 Å². The summed E-state index contributed by atoms with van der Waals surface area (Å²) >= 11 is 0. The number of aryl methyl sites for hydroxylation is 1. The van der Waals surface area contributed by atoms with Gasteiger partial charge in [-0.2, -0.15) is 0 Å². The molecular formula is C13H10FNO3. The molecule has 0 fully saturated rings. The van der Waals surface area contributed by atoms with E-state index in [2.05, 4.69) is 4.98 Å². The number of ether oxygens (including phenoxy) is 1. The van der Waals surface area contributed by atoms with Crippen molar-refractivity contribution in [2.75, 3.05) is 0 Å². The molecule has 2 rings (SSSR count). The molecule has 0 bridgehead atoms. The number of benzene rings is 1. The Balaban J connectivity index is 2.35. The summed E-state index contributed by atoms with van der Waals surface area (Å²) in [6.45, 7) is 1.64. The van der Waals surface area contributed by atoms with Crippen molar-refractivity contribution in [3.05, 3.63) is 53.5 Å². The van der Waals surface area contributed by atoms with Crippen LogP contribution in [0, 0.1) is 12.7 Å². The summed E-state index contributed by atoms with van der Waals surface area (Å²) in [6, 6.07) is 8.52. The molecule has 0 saturated carbocycles. The van der Waals surface area contributed by atoms with Gasteiger partial charge in [-0.25, -0.2) is 14.2 Å². The van der Waals surface area contributed by atoms with E-state index in [1.165, 1.54) is 30.3 Å². The average molecular weight is 247 g/mol. The highest BCUT2D eigenvalue weighted by atomic mass is 19.1. The lowest BCUT2D eigenvalue weighted by atomic mass is 10.2. The minimum Gasteiger partial charge on any atom is -0.478 e. The van der Waals surface area contributed by atoms with Crippen LogP contribution in [0.2, 0.25) is 0 Å². The molecular weight excluding hydrogens is 237 g/mol. The van der Waals surface area contributed by atoms with Gasteiger partial charge in [0.25, 0.3) is 0 Å². The van der Waals surface area contributed by atoms with E-state index in [1.54, 1.807) is 13.0 Å². The van der Waals surface area contributed by atoms with Crippen molar-refractivity contribution in [1.82, 2.24) is 4.98 Å². The molecule has 0 aliphatic heterocycles. The topological polar surface area (TPSA) is 59.4 Å². The van der Waals surface area contributed by atoms with E-state index in [9.17, 15) is 9.18 Å². The van der Waals surface area contributed by atoms with E-state index in [4.69, 9.17) is 9.84 Å². The summed E-state index contributed by atoms with van der Waals surface area (Å²) in [5.41, 5.74) is 0.537. The molecule has 0 spiro atoms. The Bertz CT molecular complexity index is 599. The zero-order valence-electron chi connectivity index (χ0n) is 9.55. The maximum Gasteiger partial charge on any atom is 0.335 e. The second kappa shape index (κ2) is 4.83. The Morgan fingerprint density at radius 3 is 2.72 bits per heavy atom. The van der Waals surface area contributed by atoms with Gasteiger partial charge in [0.05, 0.1) is 5.56 Å². The number of pyridine rings is 1. The van der Waals surface area contributed by atoms with Gasteiger partial charge in [0, 0.05) is 11.8 Å². The highest BCUT2D eigenvalue weighted by molar-refractivity contribution is 5.88. The third-order valence-corrected chi connectivity index (χ3v) is 2.23. The van der Waals surface area contributed by atoms with Crippen LogP contribution in [0.25, 0.3) is 0 Å². The van der Waals surface area contributed by atoms with Crippen molar-refractivity contribution in [2.45, 2.75) is 6.92 Å². The molecule has 1 N–H and O–H groups in total. The molecule has 0 aliphatic rings. The Hall–Kier alpha value is -2.43. The number of nitrogens with zero attached hydrogens (tertiary/aromatic N) is 1. The number of hydrogen-bond acceptors (Lipinski definition) is 3. The second-order valence-electron chi connectivity index (χ2n) is 3.67. The van der Waals surface area contributed by atoms with Gasteiger partial charge in [-0.3, -0.25) is 0 Å². The van der Waals surface area contributed by atoms with Crippen LogP contribution in [-0.2, 0) is 0 Å². The number of para-hydroxylation sites is 1. The van der Waals surface area contributed by atoms with Crippen molar-refractivity contribution in [2.24, 2.45) is 0 Å². The Morgan fingerprint density at radius 2 is 2.06 bits per heavy atom. The Kier molecular flexibility index (Phi) is 3.23. The molecule has 92 valence electrons. The van der Waals surface area contributed by atoms with Crippen molar-refractivity contribution in [1.29, 1.82) is 0 Å². The minimum absolute atomic E-state index is 0.00642. The smallest absolute Gasteiger partial charge is 0.335 e. The molecule has 0 aliphatic carbocycles. The first-order valence-electron chi connectivity index (χ1n) is 5.20. The fourth-order valence-corrected chi connectivity index (χ4v) is 1.45. The van der Waals surface area contributed by atoms with E-state index in [-0.39, 0.29) is 17.2 Å². The number of aromatic carboxylic acids is 1. The standard InChI is InChI=1S/C13H10FNO3/c1-8-6-9(13(16)17)7-12(15-8)18-11-5-3-2-4-10(11)14/h2-7H,1H3,(H,16,17). The van der Waals surface area contributed by atoms with E-state index in [0.717, 1.165) is 0 Å². The molecule has 4 nitrogen and oxygen atoms in total. The van der Waals surface area contributed by atoms with Crippen LogP contribution in [0.4, 0.5) is 4.39 Å². The summed E-state index contributed by atoms with van der Waals surface area (Å²) in [5.74, 6) is -1.55. The van der Waals surface area contributed by atoms with Gasteiger partial charge in [-0.05, 0) is 25.1 Å². The molecule has 0 radical (unpaired) electrons.